The lowest BCUT2D eigenvalue weighted by atomic mass is 9.94. The number of hydrogen-bond donors (Lipinski definition) is 1. The topological polar surface area (TPSA) is 42.7 Å². The second-order valence-corrected chi connectivity index (χ2v) is 5.42. The lowest BCUT2D eigenvalue weighted by Crippen LogP contribution is -2.19. The van der Waals surface area contributed by atoms with Crippen molar-refractivity contribution >= 4 is 0 Å². The highest BCUT2D eigenvalue weighted by Gasteiger charge is 2.13. The molecule has 1 atom stereocenters. The Morgan fingerprint density at radius 1 is 1.20 bits per heavy atom. The van der Waals surface area contributed by atoms with Gasteiger partial charge in [0.2, 0.25) is 0 Å². The highest BCUT2D eigenvalue weighted by Crippen LogP contribution is 2.21. The maximum Gasteiger partial charge on any atom is 0.138 e. The lowest BCUT2D eigenvalue weighted by molar-refractivity contribution is 0.488. The monoisotopic (exact) mass is 272 g/mol. The SMILES string of the molecule is CNCC(CCc1ncnn1C(C)C)c1ccccc1. The maximum atomic E-state index is 4.39. The molecule has 0 aliphatic heterocycles. The average Bonchev–Trinajstić information content (AvgIpc) is 2.93. The second-order valence-electron chi connectivity index (χ2n) is 5.42. The van der Waals surface area contributed by atoms with Gasteiger partial charge in [-0.1, -0.05) is 30.3 Å². The van der Waals surface area contributed by atoms with E-state index in [9.17, 15) is 0 Å². The van der Waals surface area contributed by atoms with Crippen LogP contribution in [0.2, 0.25) is 0 Å². The molecule has 2 aromatic rings. The van der Waals surface area contributed by atoms with E-state index in [0.29, 0.717) is 12.0 Å². The summed E-state index contributed by atoms with van der Waals surface area (Å²) >= 11 is 0. The molecule has 0 fully saturated rings. The number of aryl methyl sites for hydroxylation is 1. The summed E-state index contributed by atoms with van der Waals surface area (Å²) in [5.41, 5.74) is 1.39. The van der Waals surface area contributed by atoms with Crippen molar-refractivity contribution in [1.82, 2.24) is 20.1 Å². The fourth-order valence-electron chi connectivity index (χ4n) is 2.55. The first kappa shape index (κ1) is 14.7. The van der Waals surface area contributed by atoms with Gasteiger partial charge in [-0.15, -0.1) is 0 Å². The van der Waals surface area contributed by atoms with E-state index in [0.717, 1.165) is 25.2 Å². The van der Waals surface area contributed by atoms with Crippen molar-refractivity contribution < 1.29 is 0 Å². The summed E-state index contributed by atoms with van der Waals surface area (Å²) in [4.78, 5) is 4.39. The van der Waals surface area contributed by atoms with Gasteiger partial charge in [-0.05, 0) is 38.8 Å². The van der Waals surface area contributed by atoms with E-state index in [1.807, 2.05) is 11.7 Å². The molecular weight excluding hydrogens is 248 g/mol. The molecule has 1 heterocycles. The third-order valence-electron chi connectivity index (χ3n) is 3.57. The summed E-state index contributed by atoms with van der Waals surface area (Å²) in [7, 11) is 2.01. The number of likely N-dealkylation sites (N-methyl/N-ethyl adjacent to an activating group) is 1. The van der Waals surface area contributed by atoms with Gasteiger partial charge in [0, 0.05) is 19.0 Å². The van der Waals surface area contributed by atoms with Gasteiger partial charge >= 0.3 is 0 Å². The normalized spacial score (nSPS) is 12.8. The lowest BCUT2D eigenvalue weighted by Gasteiger charge is -2.17. The van der Waals surface area contributed by atoms with Gasteiger partial charge in [0.25, 0.3) is 0 Å². The number of nitrogens with zero attached hydrogens (tertiary/aromatic N) is 3. The van der Waals surface area contributed by atoms with Crippen LogP contribution >= 0.6 is 0 Å². The first-order valence-electron chi connectivity index (χ1n) is 7.30. The molecule has 4 heteroatoms. The molecule has 0 bridgehead atoms. The van der Waals surface area contributed by atoms with Crippen molar-refractivity contribution in [3.05, 3.63) is 48.0 Å². The zero-order valence-corrected chi connectivity index (χ0v) is 12.6. The molecule has 0 saturated heterocycles. The van der Waals surface area contributed by atoms with Crippen molar-refractivity contribution in [3.63, 3.8) is 0 Å². The number of hydrogen-bond acceptors (Lipinski definition) is 3. The summed E-state index contributed by atoms with van der Waals surface area (Å²) in [6, 6.07) is 11.1. The van der Waals surface area contributed by atoms with Gasteiger partial charge in [0.05, 0.1) is 0 Å². The van der Waals surface area contributed by atoms with Crippen molar-refractivity contribution in [2.45, 2.75) is 38.6 Å². The molecule has 0 amide bonds. The molecule has 1 unspecified atom stereocenters. The molecule has 0 saturated carbocycles. The van der Waals surface area contributed by atoms with E-state index in [2.05, 4.69) is 59.6 Å². The summed E-state index contributed by atoms with van der Waals surface area (Å²) < 4.78 is 2.02. The van der Waals surface area contributed by atoms with Gasteiger partial charge in [0.15, 0.2) is 0 Å². The summed E-state index contributed by atoms with van der Waals surface area (Å²) in [6.45, 7) is 5.26. The number of rotatable bonds is 7. The molecule has 4 nitrogen and oxygen atoms in total. The van der Waals surface area contributed by atoms with E-state index >= 15 is 0 Å². The van der Waals surface area contributed by atoms with E-state index in [1.54, 1.807) is 6.33 Å². The fraction of sp³-hybridized carbons (Fsp3) is 0.500. The van der Waals surface area contributed by atoms with Crippen molar-refractivity contribution in [2.75, 3.05) is 13.6 Å². The van der Waals surface area contributed by atoms with Crippen LogP contribution in [0.4, 0.5) is 0 Å². The van der Waals surface area contributed by atoms with Crippen LogP contribution in [0, 0.1) is 0 Å². The molecule has 0 aliphatic carbocycles. The third-order valence-corrected chi connectivity index (χ3v) is 3.57. The summed E-state index contributed by atoms with van der Waals surface area (Å²) in [5.74, 6) is 1.59. The average molecular weight is 272 g/mol. The highest BCUT2D eigenvalue weighted by atomic mass is 15.3. The summed E-state index contributed by atoms with van der Waals surface area (Å²) in [6.07, 6.45) is 3.70. The van der Waals surface area contributed by atoms with Gasteiger partial charge in [-0.25, -0.2) is 9.67 Å². The Labute approximate surface area is 121 Å². The minimum Gasteiger partial charge on any atom is -0.319 e. The quantitative estimate of drug-likeness (QED) is 0.843. The predicted molar refractivity (Wildman–Crippen MR) is 81.8 cm³/mol. The van der Waals surface area contributed by atoms with Gasteiger partial charge in [0.1, 0.15) is 12.2 Å². The molecule has 1 aromatic carbocycles. The first-order chi connectivity index (χ1) is 9.72. The van der Waals surface area contributed by atoms with Crippen LogP contribution in [-0.2, 0) is 6.42 Å². The van der Waals surface area contributed by atoms with Crippen LogP contribution in [0.15, 0.2) is 36.7 Å². The molecule has 2 rings (SSSR count). The minimum absolute atomic E-state index is 0.368. The Morgan fingerprint density at radius 3 is 2.60 bits per heavy atom. The molecule has 0 aliphatic rings. The van der Waals surface area contributed by atoms with Crippen molar-refractivity contribution in [3.8, 4) is 0 Å². The maximum absolute atomic E-state index is 4.39. The van der Waals surface area contributed by atoms with Crippen molar-refractivity contribution in [1.29, 1.82) is 0 Å². The van der Waals surface area contributed by atoms with Crippen LogP contribution in [-0.4, -0.2) is 28.4 Å². The molecule has 0 radical (unpaired) electrons. The third kappa shape index (κ3) is 3.67. The Bertz CT molecular complexity index is 504. The summed E-state index contributed by atoms with van der Waals surface area (Å²) in [5, 5.41) is 7.59. The standard InChI is InChI=1S/C16H24N4/c1-13(2)20-16(18-12-19-20)10-9-15(11-17-3)14-7-5-4-6-8-14/h4-8,12-13,15,17H,9-11H2,1-3H3. The van der Waals surface area contributed by atoms with Gasteiger partial charge in [-0.2, -0.15) is 5.10 Å². The smallest absolute Gasteiger partial charge is 0.138 e. The molecule has 20 heavy (non-hydrogen) atoms. The zero-order valence-electron chi connectivity index (χ0n) is 12.6. The molecule has 1 N–H and O–H groups in total. The Morgan fingerprint density at radius 2 is 1.95 bits per heavy atom. The predicted octanol–water partition coefficient (Wildman–Crippen LogP) is 2.79. The van der Waals surface area contributed by atoms with Crippen LogP contribution < -0.4 is 5.32 Å². The fourth-order valence-corrected chi connectivity index (χ4v) is 2.55. The second kappa shape index (κ2) is 7.20. The molecule has 0 spiro atoms. The first-order valence-corrected chi connectivity index (χ1v) is 7.30. The van der Waals surface area contributed by atoms with Crippen LogP contribution in [0.5, 0.6) is 0 Å². The largest absolute Gasteiger partial charge is 0.319 e. The Kier molecular flexibility index (Phi) is 5.30. The minimum atomic E-state index is 0.368. The molecule has 1 aromatic heterocycles. The number of aromatic nitrogens is 3. The zero-order chi connectivity index (χ0) is 14.4. The van der Waals surface area contributed by atoms with E-state index < -0.39 is 0 Å². The number of benzene rings is 1. The van der Waals surface area contributed by atoms with Crippen molar-refractivity contribution in [2.24, 2.45) is 0 Å². The van der Waals surface area contributed by atoms with E-state index in [1.165, 1.54) is 5.56 Å². The van der Waals surface area contributed by atoms with Crippen LogP contribution in [0.25, 0.3) is 0 Å². The van der Waals surface area contributed by atoms with E-state index in [4.69, 9.17) is 0 Å². The Balaban J connectivity index is 2.04. The molecule has 108 valence electrons. The highest BCUT2D eigenvalue weighted by molar-refractivity contribution is 5.20. The number of nitrogens with one attached hydrogen (secondary N) is 1. The van der Waals surface area contributed by atoms with Gasteiger partial charge < -0.3 is 5.32 Å². The van der Waals surface area contributed by atoms with Crippen LogP contribution in [0.1, 0.15) is 43.6 Å². The molecular formula is C16H24N4. The Hall–Kier alpha value is -1.68. The van der Waals surface area contributed by atoms with Gasteiger partial charge in [-0.3, -0.25) is 0 Å². The van der Waals surface area contributed by atoms with E-state index in [-0.39, 0.29) is 0 Å². The van der Waals surface area contributed by atoms with Crippen LogP contribution in [0.3, 0.4) is 0 Å².